The van der Waals surface area contributed by atoms with Gasteiger partial charge in [0.15, 0.2) is 0 Å². The molecule has 1 fully saturated rings. The van der Waals surface area contributed by atoms with E-state index in [1.54, 1.807) is 4.90 Å². The topological polar surface area (TPSA) is 60.9 Å². The lowest BCUT2D eigenvalue weighted by Gasteiger charge is -2.35. The monoisotopic (exact) mass is 256 g/mol. The van der Waals surface area contributed by atoms with Crippen LogP contribution >= 0.6 is 0 Å². The van der Waals surface area contributed by atoms with Crippen LogP contribution in [0.4, 0.5) is 4.79 Å². The molecule has 0 aromatic carbocycles. The van der Waals surface area contributed by atoms with Crippen LogP contribution in [0.15, 0.2) is 0 Å². The van der Waals surface area contributed by atoms with Crippen LogP contribution in [0.3, 0.4) is 0 Å². The zero-order valence-electron chi connectivity index (χ0n) is 11.4. The van der Waals surface area contributed by atoms with Gasteiger partial charge in [0.05, 0.1) is 0 Å². The van der Waals surface area contributed by atoms with Crippen molar-refractivity contribution in [2.24, 2.45) is 0 Å². The summed E-state index contributed by atoms with van der Waals surface area (Å²) in [5, 5.41) is 8.64. The lowest BCUT2D eigenvalue weighted by atomic mass is 10.1. The van der Waals surface area contributed by atoms with E-state index in [0.29, 0.717) is 13.0 Å². The second-order valence-electron chi connectivity index (χ2n) is 5.11. The number of hydrogen-bond acceptors (Lipinski definition) is 2. The van der Waals surface area contributed by atoms with Gasteiger partial charge in [-0.25, -0.2) is 4.79 Å². The van der Waals surface area contributed by atoms with Gasteiger partial charge in [0.25, 0.3) is 0 Å². The van der Waals surface area contributed by atoms with Gasteiger partial charge in [-0.15, -0.1) is 0 Å². The molecule has 2 amide bonds. The van der Waals surface area contributed by atoms with E-state index in [0.717, 1.165) is 25.9 Å². The molecule has 1 N–H and O–H groups in total. The van der Waals surface area contributed by atoms with Crippen molar-refractivity contribution in [1.82, 2.24) is 9.80 Å². The minimum atomic E-state index is -0.802. The Morgan fingerprint density at radius 1 is 1.22 bits per heavy atom. The first kappa shape index (κ1) is 14.8. The highest BCUT2D eigenvalue weighted by atomic mass is 16.4. The molecule has 0 bridgehead atoms. The van der Waals surface area contributed by atoms with Crippen molar-refractivity contribution >= 4 is 12.0 Å². The van der Waals surface area contributed by atoms with Crippen molar-refractivity contribution in [3.05, 3.63) is 0 Å². The summed E-state index contributed by atoms with van der Waals surface area (Å²) in [5.74, 6) is -0.802. The third kappa shape index (κ3) is 4.55. The van der Waals surface area contributed by atoms with Crippen LogP contribution in [0, 0.1) is 0 Å². The summed E-state index contributed by atoms with van der Waals surface area (Å²) in [4.78, 5) is 26.5. The standard InChI is InChI=1S/C13H24N2O3/c1-11(2)15(10-6-7-12(16)17)13(18)14-8-4-3-5-9-14/h11H,3-10H2,1-2H3,(H,16,17). The number of carbonyl (C=O) groups excluding carboxylic acids is 1. The van der Waals surface area contributed by atoms with Crippen molar-refractivity contribution < 1.29 is 14.7 Å². The molecule has 1 aliphatic rings. The van der Waals surface area contributed by atoms with Crippen molar-refractivity contribution in [1.29, 1.82) is 0 Å². The molecule has 0 saturated carbocycles. The van der Waals surface area contributed by atoms with Gasteiger partial charge in [0.2, 0.25) is 0 Å². The Morgan fingerprint density at radius 3 is 2.33 bits per heavy atom. The number of amides is 2. The number of likely N-dealkylation sites (tertiary alicyclic amines) is 1. The Hall–Kier alpha value is -1.26. The fourth-order valence-corrected chi connectivity index (χ4v) is 2.24. The Kier molecular flexibility index (Phi) is 5.95. The molecule has 5 nitrogen and oxygen atoms in total. The average molecular weight is 256 g/mol. The van der Waals surface area contributed by atoms with Crippen LogP contribution in [0.2, 0.25) is 0 Å². The Morgan fingerprint density at radius 2 is 1.83 bits per heavy atom. The number of carbonyl (C=O) groups is 2. The highest BCUT2D eigenvalue weighted by Crippen LogP contribution is 2.13. The zero-order chi connectivity index (χ0) is 13.5. The van der Waals surface area contributed by atoms with Gasteiger partial charge in [-0.05, 0) is 39.5 Å². The summed E-state index contributed by atoms with van der Waals surface area (Å²) >= 11 is 0. The van der Waals surface area contributed by atoms with Crippen LogP contribution in [0.5, 0.6) is 0 Å². The maximum absolute atomic E-state index is 12.3. The fraction of sp³-hybridized carbons (Fsp3) is 0.846. The van der Waals surface area contributed by atoms with Crippen molar-refractivity contribution in [3.8, 4) is 0 Å². The van der Waals surface area contributed by atoms with E-state index in [9.17, 15) is 9.59 Å². The number of nitrogens with zero attached hydrogens (tertiary/aromatic N) is 2. The molecule has 0 aromatic heterocycles. The molecule has 0 spiro atoms. The quantitative estimate of drug-likeness (QED) is 0.820. The number of urea groups is 1. The lowest BCUT2D eigenvalue weighted by Crippen LogP contribution is -2.48. The first-order chi connectivity index (χ1) is 8.52. The average Bonchev–Trinajstić information content (AvgIpc) is 2.34. The molecular formula is C13H24N2O3. The van der Waals surface area contributed by atoms with E-state index in [-0.39, 0.29) is 18.5 Å². The molecule has 104 valence electrons. The van der Waals surface area contributed by atoms with Crippen LogP contribution in [-0.4, -0.2) is 52.6 Å². The normalized spacial score (nSPS) is 15.8. The minimum absolute atomic E-state index is 0.0649. The van der Waals surface area contributed by atoms with Gasteiger partial charge >= 0.3 is 12.0 Å². The molecule has 1 heterocycles. The lowest BCUT2D eigenvalue weighted by molar-refractivity contribution is -0.137. The van der Waals surface area contributed by atoms with E-state index in [1.165, 1.54) is 6.42 Å². The van der Waals surface area contributed by atoms with Gasteiger partial charge in [-0.2, -0.15) is 0 Å². The van der Waals surface area contributed by atoms with Crippen molar-refractivity contribution in [2.75, 3.05) is 19.6 Å². The number of aliphatic carboxylic acids is 1. The van der Waals surface area contributed by atoms with Crippen LogP contribution in [0.25, 0.3) is 0 Å². The van der Waals surface area contributed by atoms with Crippen LogP contribution in [0.1, 0.15) is 46.0 Å². The number of carboxylic acids is 1. The summed E-state index contributed by atoms with van der Waals surface area (Å²) in [7, 11) is 0. The van der Waals surface area contributed by atoms with Crippen molar-refractivity contribution in [3.63, 3.8) is 0 Å². The van der Waals surface area contributed by atoms with Gasteiger partial charge < -0.3 is 14.9 Å². The summed E-state index contributed by atoms with van der Waals surface area (Å²) in [6.07, 6.45) is 3.99. The van der Waals surface area contributed by atoms with E-state index in [2.05, 4.69) is 0 Å². The molecule has 18 heavy (non-hydrogen) atoms. The Balaban J connectivity index is 2.48. The SMILES string of the molecule is CC(C)N(CCCC(=O)O)C(=O)N1CCCCC1. The molecular weight excluding hydrogens is 232 g/mol. The molecule has 0 atom stereocenters. The van der Waals surface area contributed by atoms with Crippen LogP contribution in [-0.2, 0) is 4.79 Å². The summed E-state index contributed by atoms with van der Waals surface area (Å²) < 4.78 is 0. The van der Waals surface area contributed by atoms with Crippen LogP contribution < -0.4 is 0 Å². The third-order valence-electron chi connectivity index (χ3n) is 3.29. The van der Waals surface area contributed by atoms with Gasteiger partial charge in [-0.3, -0.25) is 4.79 Å². The first-order valence-electron chi connectivity index (χ1n) is 6.79. The smallest absolute Gasteiger partial charge is 0.320 e. The highest BCUT2D eigenvalue weighted by molar-refractivity contribution is 5.75. The molecule has 1 rings (SSSR count). The Labute approximate surface area is 109 Å². The molecule has 0 aromatic rings. The van der Waals surface area contributed by atoms with Crippen molar-refractivity contribution in [2.45, 2.75) is 52.0 Å². The zero-order valence-corrected chi connectivity index (χ0v) is 11.4. The predicted octanol–water partition coefficient (Wildman–Crippen LogP) is 2.17. The summed E-state index contributed by atoms with van der Waals surface area (Å²) in [6.45, 7) is 6.15. The summed E-state index contributed by atoms with van der Waals surface area (Å²) in [5.41, 5.74) is 0. The van der Waals surface area contributed by atoms with E-state index in [4.69, 9.17) is 5.11 Å². The minimum Gasteiger partial charge on any atom is -0.481 e. The highest BCUT2D eigenvalue weighted by Gasteiger charge is 2.24. The molecule has 1 saturated heterocycles. The number of carboxylic acid groups (broad SMARTS) is 1. The second-order valence-corrected chi connectivity index (χ2v) is 5.11. The first-order valence-corrected chi connectivity index (χ1v) is 6.79. The summed E-state index contributed by atoms with van der Waals surface area (Å²) in [6, 6.07) is 0.184. The molecule has 0 unspecified atom stereocenters. The maximum Gasteiger partial charge on any atom is 0.320 e. The van der Waals surface area contributed by atoms with Gasteiger partial charge in [0.1, 0.15) is 0 Å². The maximum atomic E-state index is 12.3. The van der Waals surface area contributed by atoms with E-state index in [1.807, 2.05) is 18.7 Å². The number of rotatable bonds is 5. The third-order valence-corrected chi connectivity index (χ3v) is 3.29. The molecule has 0 radical (unpaired) electrons. The van der Waals surface area contributed by atoms with Gasteiger partial charge in [0, 0.05) is 32.1 Å². The Bertz CT molecular complexity index is 286. The number of hydrogen-bond donors (Lipinski definition) is 1. The molecule has 5 heteroatoms. The van der Waals surface area contributed by atoms with E-state index >= 15 is 0 Å². The van der Waals surface area contributed by atoms with Gasteiger partial charge in [-0.1, -0.05) is 0 Å². The largest absolute Gasteiger partial charge is 0.481 e. The van der Waals surface area contributed by atoms with E-state index < -0.39 is 5.97 Å². The molecule has 0 aliphatic carbocycles. The molecule has 1 aliphatic heterocycles. The number of piperidine rings is 1. The second kappa shape index (κ2) is 7.24. The predicted molar refractivity (Wildman–Crippen MR) is 69.5 cm³/mol. The fourth-order valence-electron chi connectivity index (χ4n) is 2.24.